The smallest absolute Gasteiger partial charge is 0.287 e. The standard InChI is InChI=1S/C14H12N2O4/c1-9-14-10(8-19-9)3-2-4-12(14)20-13-6-5-11(7-15-13)16(17)18/h2,4-9H,3H2,1H3. The van der Waals surface area contributed by atoms with Gasteiger partial charge in [0.15, 0.2) is 0 Å². The SMILES string of the molecule is CC1OC=C2CC=CC(Oc3ccc([N+](=O)[O-])cn3)=C21. The molecule has 3 rings (SSSR count). The third-order valence-corrected chi connectivity index (χ3v) is 3.19. The molecule has 1 aliphatic heterocycles. The summed E-state index contributed by atoms with van der Waals surface area (Å²) < 4.78 is 11.2. The number of ether oxygens (including phenoxy) is 2. The molecule has 6 heteroatoms. The topological polar surface area (TPSA) is 74.5 Å². The molecule has 6 nitrogen and oxygen atoms in total. The molecule has 102 valence electrons. The second-order valence-corrected chi connectivity index (χ2v) is 4.52. The molecule has 1 atom stereocenters. The highest BCUT2D eigenvalue weighted by Crippen LogP contribution is 2.34. The van der Waals surface area contributed by atoms with Crippen molar-refractivity contribution >= 4 is 5.69 Å². The van der Waals surface area contributed by atoms with Crippen molar-refractivity contribution in [3.05, 3.63) is 63.8 Å². The number of hydrogen-bond acceptors (Lipinski definition) is 5. The normalized spacial score (nSPS) is 20.2. The zero-order valence-corrected chi connectivity index (χ0v) is 10.8. The number of rotatable bonds is 3. The highest BCUT2D eigenvalue weighted by molar-refractivity contribution is 5.47. The molecule has 1 aromatic rings. The van der Waals surface area contributed by atoms with Crippen LogP contribution in [0, 0.1) is 10.1 Å². The maximum atomic E-state index is 10.6. The summed E-state index contributed by atoms with van der Waals surface area (Å²) in [5.74, 6) is 0.997. The molecule has 2 aliphatic rings. The first-order chi connectivity index (χ1) is 9.65. The summed E-state index contributed by atoms with van der Waals surface area (Å²) in [7, 11) is 0. The second kappa shape index (κ2) is 4.80. The van der Waals surface area contributed by atoms with Crippen LogP contribution in [-0.2, 0) is 4.74 Å². The first-order valence-electron chi connectivity index (χ1n) is 6.19. The van der Waals surface area contributed by atoms with E-state index in [-0.39, 0.29) is 11.8 Å². The van der Waals surface area contributed by atoms with Gasteiger partial charge >= 0.3 is 0 Å². The third-order valence-electron chi connectivity index (χ3n) is 3.19. The van der Waals surface area contributed by atoms with Gasteiger partial charge in [0.25, 0.3) is 5.69 Å². The third kappa shape index (κ3) is 2.16. The van der Waals surface area contributed by atoms with Crippen LogP contribution < -0.4 is 4.74 Å². The van der Waals surface area contributed by atoms with Gasteiger partial charge in [-0.1, -0.05) is 6.08 Å². The lowest BCUT2D eigenvalue weighted by Crippen LogP contribution is -2.11. The Morgan fingerprint density at radius 1 is 1.50 bits per heavy atom. The molecule has 1 aliphatic carbocycles. The Bertz CT molecular complexity index is 644. The Morgan fingerprint density at radius 2 is 2.35 bits per heavy atom. The summed E-state index contributed by atoms with van der Waals surface area (Å²) >= 11 is 0. The summed E-state index contributed by atoms with van der Waals surface area (Å²) in [4.78, 5) is 14.0. The van der Waals surface area contributed by atoms with Gasteiger partial charge in [0, 0.05) is 23.3 Å². The monoisotopic (exact) mass is 272 g/mol. The quantitative estimate of drug-likeness (QED) is 0.624. The van der Waals surface area contributed by atoms with Gasteiger partial charge in [-0.25, -0.2) is 4.98 Å². The van der Waals surface area contributed by atoms with E-state index >= 15 is 0 Å². The van der Waals surface area contributed by atoms with Crippen LogP contribution in [0.3, 0.4) is 0 Å². The predicted octanol–water partition coefficient (Wildman–Crippen LogP) is 2.89. The second-order valence-electron chi connectivity index (χ2n) is 4.52. The fraction of sp³-hybridized carbons (Fsp3) is 0.214. The summed E-state index contributed by atoms with van der Waals surface area (Å²) in [6.07, 6.45) is 7.55. The Balaban J connectivity index is 1.87. The van der Waals surface area contributed by atoms with Crippen LogP contribution in [0.5, 0.6) is 5.88 Å². The van der Waals surface area contributed by atoms with Gasteiger partial charge in [0.2, 0.25) is 5.88 Å². The van der Waals surface area contributed by atoms with Gasteiger partial charge in [0.1, 0.15) is 18.1 Å². The van der Waals surface area contributed by atoms with E-state index in [1.165, 1.54) is 18.3 Å². The molecular weight excluding hydrogens is 260 g/mol. The van der Waals surface area contributed by atoms with E-state index in [1.54, 1.807) is 6.26 Å². The minimum atomic E-state index is -0.493. The number of hydrogen-bond donors (Lipinski definition) is 0. The molecule has 20 heavy (non-hydrogen) atoms. The van der Waals surface area contributed by atoms with Crippen LogP contribution in [-0.4, -0.2) is 16.0 Å². The predicted molar refractivity (Wildman–Crippen MR) is 70.9 cm³/mol. The first-order valence-corrected chi connectivity index (χ1v) is 6.19. The van der Waals surface area contributed by atoms with Crippen molar-refractivity contribution in [1.29, 1.82) is 0 Å². The maximum Gasteiger partial charge on any atom is 0.287 e. The van der Waals surface area contributed by atoms with Crippen molar-refractivity contribution in [2.45, 2.75) is 19.4 Å². The molecule has 0 bridgehead atoms. The lowest BCUT2D eigenvalue weighted by Gasteiger charge is -2.16. The van der Waals surface area contributed by atoms with Crippen LogP contribution >= 0.6 is 0 Å². The number of nitrogens with zero attached hydrogens (tertiary/aromatic N) is 2. The van der Waals surface area contributed by atoms with Gasteiger partial charge < -0.3 is 9.47 Å². The molecule has 0 radical (unpaired) electrons. The van der Waals surface area contributed by atoms with Gasteiger partial charge in [-0.3, -0.25) is 10.1 Å². The number of aromatic nitrogens is 1. The molecule has 2 heterocycles. The van der Waals surface area contributed by atoms with Crippen molar-refractivity contribution in [1.82, 2.24) is 4.98 Å². The molecule has 0 amide bonds. The fourth-order valence-electron chi connectivity index (χ4n) is 2.22. The van der Waals surface area contributed by atoms with Crippen molar-refractivity contribution < 1.29 is 14.4 Å². The lowest BCUT2D eigenvalue weighted by atomic mass is 9.96. The number of nitro groups is 1. The van der Waals surface area contributed by atoms with Gasteiger partial charge in [0.05, 0.1) is 11.2 Å². The molecular formula is C14H12N2O4. The van der Waals surface area contributed by atoms with E-state index < -0.39 is 4.92 Å². The Labute approximate surface area is 115 Å². The molecule has 1 unspecified atom stereocenters. The molecule has 0 fully saturated rings. The largest absolute Gasteiger partial charge is 0.493 e. The van der Waals surface area contributed by atoms with Crippen molar-refractivity contribution in [2.75, 3.05) is 0 Å². The van der Waals surface area contributed by atoms with Crippen molar-refractivity contribution in [2.24, 2.45) is 0 Å². The zero-order valence-electron chi connectivity index (χ0n) is 10.8. The fourth-order valence-corrected chi connectivity index (χ4v) is 2.22. The van der Waals surface area contributed by atoms with Gasteiger partial charge in [-0.2, -0.15) is 0 Å². The van der Waals surface area contributed by atoms with Gasteiger partial charge in [-0.15, -0.1) is 0 Å². The van der Waals surface area contributed by atoms with Crippen LogP contribution in [0.25, 0.3) is 0 Å². The van der Waals surface area contributed by atoms with E-state index in [0.29, 0.717) is 11.6 Å². The highest BCUT2D eigenvalue weighted by atomic mass is 16.6. The Hall–Kier alpha value is -2.63. The summed E-state index contributed by atoms with van der Waals surface area (Å²) in [6, 6.07) is 2.85. The van der Waals surface area contributed by atoms with E-state index in [0.717, 1.165) is 17.6 Å². The average Bonchev–Trinajstić information content (AvgIpc) is 2.82. The summed E-state index contributed by atoms with van der Waals surface area (Å²) in [5.41, 5.74) is 2.04. The number of allylic oxidation sites excluding steroid dienone is 2. The van der Waals surface area contributed by atoms with Crippen LogP contribution in [0.15, 0.2) is 53.6 Å². The lowest BCUT2D eigenvalue weighted by molar-refractivity contribution is -0.385. The number of pyridine rings is 1. The summed E-state index contributed by atoms with van der Waals surface area (Å²) in [5, 5.41) is 10.6. The Kier molecular flexibility index (Phi) is 2.98. The molecule has 0 saturated carbocycles. The minimum Gasteiger partial charge on any atom is -0.493 e. The average molecular weight is 272 g/mol. The van der Waals surface area contributed by atoms with Crippen molar-refractivity contribution in [3.8, 4) is 5.88 Å². The maximum absolute atomic E-state index is 10.6. The van der Waals surface area contributed by atoms with E-state index in [4.69, 9.17) is 9.47 Å². The summed E-state index contributed by atoms with van der Waals surface area (Å²) in [6.45, 7) is 1.95. The van der Waals surface area contributed by atoms with E-state index in [2.05, 4.69) is 4.98 Å². The van der Waals surface area contributed by atoms with Crippen molar-refractivity contribution in [3.63, 3.8) is 0 Å². The van der Waals surface area contributed by atoms with E-state index in [1.807, 2.05) is 19.1 Å². The van der Waals surface area contributed by atoms with Gasteiger partial charge in [-0.05, 0) is 19.4 Å². The van der Waals surface area contributed by atoms with Crippen LogP contribution in [0.4, 0.5) is 5.69 Å². The molecule has 0 saturated heterocycles. The highest BCUT2D eigenvalue weighted by Gasteiger charge is 2.27. The Morgan fingerprint density at radius 3 is 3.05 bits per heavy atom. The minimum absolute atomic E-state index is 0.0528. The van der Waals surface area contributed by atoms with E-state index in [9.17, 15) is 10.1 Å². The zero-order chi connectivity index (χ0) is 14.1. The molecule has 0 spiro atoms. The van der Waals surface area contributed by atoms with Crippen LogP contribution in [0.2, 0.25) is 0 Å². The first kappa shape index (κ1) is 12.4. The number of fused-ring (bicyclic) bond motifs is 1. The molecule has 1 aromatic heterocycles. The molecule has 0 N–H and O–H groups in total. The molecule has 0 aromatic carbocycles. The van der Waals surface area contributed by atoms with Crippen LogP contribution in [0.1, 0.15) is 13.3 Å².